The van der Waals surface area contributed by atoms with Gasteiger partial charge in [0.2, 0.25) is 0 Å². The molecule has 3 rings (SSSR count). The number of hydrogen-bond acceptors (Lipinski definition) is 4. The number of allylic oxidation sites excluding steroid dienone is 5. The van der Waals surface area contributed by atoms with Crippen molar-refractivity contribution in [2.75, 3.05) is 13.7 Å². The van der Waals surface area contributed by atoms with Gasteiger partial charge in [-0.05, 0) is 54.6 Å². The number of carbonyl (C=O) groups is 1. The Morgan fingerprint density at radius 2 is 2.06 bits per heavy atom. The highest BCUT2D eigenvalue weighted by Gasteiger charge is 2.42. The molecular weight excluding hydrogens is 452 g/mol. The molecule has 1 saturated carbocycles. The molecule has 0 saturated heterocycles. The van der Waals surface area contributed by atoms with E-state index in [1.54, 1.807) is 13.2 Å². The summed E-state index contributed by atoms with van der Waals surface area (Å²) in [6.07, 6.45) is 12.5. The summed E-state index contributed by atoms with van der Waals surface area (Å²) in [6, 6.07) is 1.60. The first kappa shape index (κ1) is 27.7. The van der Waals surface area contributed by atoms with Crippen LogP contribution < -0.4 is 5.43 Å². The molecule has 6 heteroatoms. The Labute approximate surface area is 215 Å². The van der Waals surface area contributed by atoms with Crippen LogP contribution >= 0.6 is 0 Å². The van der Waals surface area contributed by atoms with Crippen LogP contribution in [-0.4, -0.2) is 35.0 Å². The fourth-order valence-corrected chi connectivity index (χ4v) is 5.76. The van der Waals surface area contributed by atoms with Gasteiger partial charge >= 0.3 is 5.97 Å². The highest BCUT2D eigenvalue weighted by atomic mass is 16.5. The third kappa shape index (κ3) is 5.42. The van der Waals surface area contributed by atoms with Gasteiger partial charge in [0.05, 0.1) is 6.61 Å². The quantitative estimate of drug-likeness (QED) is 0.388. The monoisotopic (exact) mass is 494 g/mol. The molecule has 196 valence electrons. The van der Waals surface area contributed by atoms with Crippen LogP contribution in [0.5, 0.6) is 0 Å². The topological polar surface area (TPSA) is 80.9 Å². The molecule has 1 aromatic rings. The van der Waals surface area contributed by atoms with E-state index < -0.39 is 11.4 Å². The van der Waals surface area contributed by atoms with Crippen molar-refractivity contribution in [3.63, 3.8) is 0 Å². The number of unbranched alkanes of at least 4 members (excludes halogenated alkanes) is 1. The summed E-state index contributed by atoms with van der Waals surface area (Å²) in [4.78, 5) is 29.7. The van der Waals surface area contributed by atoms with E-state index in [1.165, 1.54) is 6.07 Å². The van der Waals surface area contributed by atoms with E-state index in [1.807, 2.05) is 18.2 Å². The molecule has 0 bridgehead atoms. The van der Waals surface area contributed by atoms with E-state index >= 15 is 0 Å². The minimum absolute atomic E-state index is 0.0390. The second-order valence-electron chi connectivity index (χ2n) is 10.9. The summed E-state index contributed by atoms with van der Waals surface area (Å²) in [7, 11) is 1.77. The van der Waals surface area contributed by atoms with Gasteiger partial charge in [0.15, 0.2) is 5.43 Å². The Morgan fingerprint density at radius 3 is 2.61 bits per heavy atom. The molecule has 1 N–H and O–H groups in total. The molecule has 3 unspecified atom stereocenters. The predicted octanol–water partition coefficient (Wildman–Crippen LogP) is 6.68. The van der Waals surface area contributed by atoms with Gasteiger partial charge in [-0.15, -0.1) is 0 Å². The summed E-state index contributed by atoms with van der Waals surface area (Å²) < 4.78 is 8.20. The molecule has 0 amide bonds. The summed E-state index contributed by atoms with van der Waals surface area (Å²) in [5, 5.41) is 9.80. The fraction of sp³-hybridized carbons (Fsp3) is 0.567. The molecule has 1 aromatic heterocycles. The first-order valence-corrected chi connectivity index (χ1v) is 13.3. The van der Waals surface area contributed by atoms with E-state index in [-0.39, 0.29) is 22.9 Å². The van der Waals surface area contributed by atoms with Crippen LogP contribution in [0, 0.1) is 17.3 Å². The first-order chi connectivity index (χ1) is 17.1. The second-order valence-corrected chi connectivity index (χ2v) is 10.9. The molecule has 2 aliphatic rings. The van der Waals surface area contributed by atoms with Crippen LogP contribution in [-0.2, 0) is 4.74 Å². The van der Waals surface area contributed by atoms with Gasteiger partial charge in [-0.25, -0.2) is 4.79 Å². The molecule has 6 nitrogen and oxygen atoms in total. The van der Waals surface area contributed by atoms with Gasteiger partial charge in [-0.1, -0.05) is 60.1 Å². The van der Waals surface area contributed by atoms with Crippen molar-refractivity contribution in [3.8, 4) is 0 Å². The summed E-state index contributed by atoms with van der Waals surface area (Å²) >= 11 is 0. The Hall–Kier alpha value is -2.89. The largest absolute Gasteiger partial charge is 0.491 e. The van der Waals surface area contributed by atoms with Gasteiger partial charge in [0.1, 0.15) is 17.0 Å². The fourth-order valence-electron chi connectivity index (χ4n) is 5.76. The molecular formula is C30H42N2O4. The van der Waals surface area contributed by atoms with Crippen LogP contribution in [0.25, 0.3) is 5.57 Å². The van der Waals surface area contributed by atoms with Crippen molar-refractivity contribution in [1.29, 1.82) is 0 Å². The third-order valence-electron chi connectivity index (χ3n) is 7.84. The highest BCUT2D eigenvalue weighted by Crippen LogP contribution is 2.50. The SMILES string of the molecule is CCCCOC1=CC=C/C(=C(\c2cc(=O)c(C(=O)O)cn2C2C(C)CCC2(C)C)C(C)CC)C1=NC. The van der Waals surface area contributed by atoms with Crippen LogP contribution in [0.1, 0.15) is 95.7 Å². The molecule has 1 heterocycles. The second kappa shape index (κ2) is 11.4. The molecule has 0 spiro atoms. The van der Waals surface area contributed by atoms with Gasteiger partial charge in [0.25, 0.3) is 0 Å². The number of aromatic nitrogens is 1. The smallest absolute Gasteiger partial charge is 0.341 e. The molecule has 0 aliphatic heterocycles. The van der Waals surface area contributed by atoms with Crippen molar-refractivity contribution in [3.05, 3.63) is 63.3 Å². The van der Waals surface area contributed by atoms with Crippen LogP contribution in [0.4, 0.5) is 0 Å². The average molecular weight is 495 g/mol. The standard InChI is InChI=1S/C30H42N2O4/c1-8-10-16-36-25-13-11-12-21(27(25)31-7)26(19(3)9-2)23-17-24(33)22(29(34)35)18-32(23)28-20(4)14-15-30(28,5)6/h11-13,17-20,28H,8-10,14-16H2,1-7H3,(H,34,35)/b26-21+,31-27?. The zero-order valence-electron chi connectivity index (χ0n) is 22.9. The van der Waals surface area contributed by atoms with Crippen molar-refractivity contribution in [1.82, 2.24) is 4.57 Å². The third-order valence-corrected chi connectivity index (χ3v) is 7.84. The Bertz CT molecular complexity index is 1170. The lowest BCUT2D eigenvalue weighted by atomic mass is 9.82. The Balaban J connectivity index is 2.33. The lowest BCUT2D eigenvalue weighted by Gasteiger charge is -2.36. The lowest BCUT2D eigenvalue weighted by Crippen LogP contribution is -2.31. The van der Waals surface area contributed by atoms with Crippen molar-refractivity contribution in [2.45, 2.75) is 79.7 Å². The van der Waals surface area contributed by atoms with Gasteiger partial charge < -0.3 is 14.4 Å². The molecule has 1 fully saturated rings. The summed E-state index contributed by atoms with van der Waals surface area (Å²) in [6.45, 7) is 13.7. The van der Waals surface area contributed by atoms with Gasteiger partial charge in [-0.2, -0.15) is 0 Å². The number of hydrogen-bond donors (Lipinski definition) is 1. The zero-order chi connectivity index (χ0) is 26.6. The van der Waals surface area contributed by atoms with E-state index in [0.29, 0.717) is 12.5 Å². The van der Waals surface area contributed by atoms with E-state index in [9.17, 15) is 14.7 Å². The Kier molecular flexibility index (Phi) is 8.80. The van der Waals surface area contributed by atoms with Gasteiger partial charge in [0, 0.05) is 36.6 Å². The maximum absolute atomic E-state index is 13.1. The lowest BCUT2D eigenvalue weighted by molar-refractivity contribution is 0.0693. The molecule has 0 radical (unpaired) electrons. The molecule has 0 aromatic carbocycles. The molecule has 2 aliphatic carbocycles. The number of aliphatic imine (C=N–C) groups is 1. The number of nitrogens with zero attached hydrogens (tertiary/aromatic N) is 2. The predicted molar refractivity (Wildman–Crippen MR) is 147 cm³/mol. The first-order valence-electron chi connectivity index (χ1n) is 13.3. The highest BCUT2D eigenvalue weighted by molar-refractivity contribution is 6.18. The van der Waals surface area contributed by atoms with E-state index in [4.69, 9.17) is 4.74 Å². The summed E-state index contributed by atoms with van der Waals surface area (Å²) in [5.41, 5.74) is 2.79. The number of rotatable bonds is 9. The Morgan fingerprint density at radius 1 is 1.33 bits per heavy atom. The minimum Gasteiger partial charge on any atom is -0.491 e. The van der Waals surface area contributed by atoms with Crippen molar-refractivity contribution < 1.29 is 14.6 Å². The average Bonchev–Trinajstić information content (AvgIpc) is 3.11. The van der Waals surface area contributed by atoms with Crippen molar-refractivity contribution in [2.24, 2.45) is 22.2 Å². The number of ether oxygens (including phenoxy) is 1. The summed E-state index contributed by atoms with van der Waals surface area (Å²) in [5.74, 6) is -0.00282. The zero-order valence-corrected chi connectivity index (χ0v) is 22.9. The number of carboxylic acid groups (broad SMARTS) is 1. The van der Waals surface area contributed by atoms with E-state index in [2.05, 4.69) is 51.1 Å². The maximum atomic E-state index is 13.1. The normalized spacial score (nSPS) is 24.5. The van der Waals surface area contributed by atoms with Gasteiger partial charge in [-0.3, -0.25) is 9.79 Å². The van der Waals surface area contributed by atoms with Crippen LogP contribution in [0.3, 0.4) is 0 Å². The number of aromatic carboxylic acids is 1. The number of pyridine rings is 1. The van der Waals surface area contributed by atoms with Crippen molar-refractivity contribution >= 4 is 17.3 Å². The molecule has 36 heavy (non-hydrogen) atoms. The van der Waals surface area contributed by atoms with Crippen LogP contribution in [0.15, 0.2) is 51.6 Å². The molecule has 3 atom stereocenters. The minimum atomic E-state index is -1.19. The van der Waals surface area contributed by atoms with E-state index in [0.717, 1.165) is 60.4 Å². The van der Waals surface area contributed by atoms with Crippen LogP contribution in [0.2, 0.25) is 0 Å². The maximum Gasteiger partial charge on any atom is 0.341 e. The number of carboxylic acids is 1.